The molecule has 0 radical (unpaired) electrons. The van der Waals surface area contributed by atoms with Crippen LogP contribution in [-0.2, 0) is 21.4 Å². The number of anilines is 1. The van der Waals surface area contributed by atoms with Crippen molar-refractivity contribution in [2.45, 2.75) is 68.6 Å². The van der Waals surface area contributed by atoms with Gasteiger partial charge in [-0.25, -0.2) is 0 Å². The first-order chi connectivity index (χ1) is 16.7. The fourth-order valence-electron chi connectivity index (χ4n) is 6.31. The van der Waals surface area contributed by atoms with E-state index in [-0.39, 0.29) is 17.1 Å². The Morgan fingerprint density at radius 1 is 1.18 bits per heavy atom. The minimum Gasteiger partial charge on any atom is -0.378 e. The Morgan fingerprint density at radius 2 is 2.03 bits per heavy atom. The molecule has 1 N–H and O–H groups in total. The molecule has 2 saturated heterocycles. The van der Waals surface area contributed by atoms with Crippen LogP contribution in [0.1, 0.15) is 61.8 Å². The summed E-state index contributed by atoms with van der Waals surface area (Å²) in [7, 11) is 1.75. The maximum absolute atomic E-state index is 9.69. The molecule has 1 spiro atoms. The Labute approximate surface area is 203 Å². The third-order valence-electron chi connectivity index (χ3n) is 8.21. The molecule has 6 heteroatoms. The zero-order valence-corrected chi connectivity index (χ0v) is 20.3. The van der Waals surface area contributed by atoms with E-state index >= 15 is 0 Å². The number of benzene rings is 1. The molecule has 1 saturated carbocycles. The molecule has 1 aromatic heterocycles. The van der Waals surface area contributed by atoms with Gasteiger partial charge in [-0.05, 0) is 62.4 Å². The molecule has 2 aromatic rings. The van der Waals surface area contributed by atoms with E-state index in [4.69, 9.17) is 14.5 Å². The molecule has 3 fully saturated rings. The van der Waals surface area contributed by atoms with E-state index in [0.717, 1.165) is 63.3 Å². The van der Waals surface area contributed by atoms with Crippen molar-refractivity contribution in [3.63, 3.8) is 0 Å². The number of nitrogens with zero attached hydrogens (tertiary/aromatic N) is 3. The van der Waals surface area contributed by atoms with Crippen molar-refractivity contribution in [2.24, 2.45) is 0 Å². The van der Waals surface area contributed by atoms with Crippen molar-refractivity contribution >= 4 is 5.69 Å². The summed E-state index contributed by atoms with van der Waals surface area (Å²) in [6.45, 7) is 4.16. The van der Waals surface area contributed by atoms with Gasteiger partial charge in [0, 0.05) is 50.7 Å². The fourth-order valence-corrected chi connectivity index (χ4v) is 6.31. The summed E-state index contributed by atoms with van der Waals surface area (Å²) in [6, 6.07) is 14.8. The van der Waals surface area contributed by atoms with Crippen LogP contribution in [0.5, 0.6) is 0 Å². The maximum atomic E-state index is 9.69. The zero-order chi connectivity index (χ0) is 23.4. The van der Waals surface area contributed by atoms with Crippen molar-refractivity contribution in [3.05, 3.63) is 59.4 Å². The maximum Gasteiger partial charge on any atom is 0.101 e. The summed E-state index contributed by atoms with van der Waals surface area (Å²) < 4.78 is 11.8. The number of nitriles is 1. The first-order valence-electron chi connectivity index (χ1n) is 12.7. The highest BCUT2D eigenvalue weighted by atomic mass is 16.5. The summed E-state index contributed by atoms with van der Waals surface area (Å²) in [5.74, 6) is 0. The standard InChI is InChI=1S/C28H36N4O2/c1-33-24-19-32(20-24)26-22(17-29)7-6-8-23(26)18-30-15-12-27(25-9-2-5-14-31-25)13-16-34-28(21-27)10-3-4-11-28/h2,5-9,14,24,30H,3-4,10-13,15-16,18-21H2,1H3. The molecular weight excluding hydrogens is 424 g/mol. The molecule has 3 aliphatic rings. The van der Waals surface area contributed by atoms with Crippen molar-refractivity contribution < 1.29 is 9.47 Å². The Morgan fingerprint density at radius 3 is 2.76 bits per heavy atom. The highest BCUT2D eigenvalue weighted by Gasteiger charge is 2.48. The normalized spacial score (nSPS) is 24.2. The Balaban J connectivity index is 1.28. The minimum atomic E-state index is 0.0411. The molecule has 0 bridgehead atoms. The van der Waals surface area contributed by atoms with Crippen molar-refractivity contribution in [1.82, 2.24) is 10.3 Å². The topological polar surface area (TPSA) is 70.4 Å². The molecule has 34 heavy (non-hydrogen) atoms. The van der Waals surface area contributed by atoms with Crippen LogP contribution in [0.2, 0.25) is 0 Å². The number of aromatic nitrogens is 1. The summed E-state index contributed by atoms with van der Waals surface area (Å²) in [6.07, 6.45) is 10.2. The molecule has 180 valence electrons. The van der Waals surface area contributed by atoms with Crippen LogP contribution in [0.25, 0.3) is 0 Å². The summed E-state index contributed by atoms with van der Waals surface area (Å²) >= 11 is 0. The molecule has 2 aliphatic heterocycles. The predicted octanol–water partition coefficient (Wildman–Crippen LogP) is 4.33. The van der Waals surface area contributed by atoms with Crippen LogP contribution < -0.4 is 10.2 Å². The Kier molecular flexibility index (Phi) is 6.87. The van der Waals surface area contributed by atoms with E-state index < -0.39 is 0 Å². The van der Waals surface area contributed by atoms with Crippen molar-refractivity contribution in [1.29, 1.82) is 5.26 Å². The second-order valence-corrected chi connectivity index (χ2v) is 10.3. The molecule has 0 amide bonds. The SMILES string of the molecule is COC1CN(c2c(C#N)cccc2CNCCC2(c3ccccn3)CCOC3(CCCC3)C2)C1. The molecule has 1 unspecified atom stereocenters. The Bertz CT molecular complexity index is 1010. The van der Waals surface area contributed by atoms with Gasteiger partial charge in [-0.1, -0.05) is 31.0 Å². The highest BCUT2D eigenvalue weighted by molar-refractivity contribution is 5.65. The number of nitrogens with one attached hydrogen (secondary N) is 1. The molecule has 1 aromatic carbocycles. The van der Waals surface area contributed by atoms with Crippen LogP contribution in [0.15, 0.2) is 42.6 Å². The number of pyridine rings is 1. The van der Waals surface area contributed by atoms with E-state index in [1.807, 2.05) is 24.4 Å². The van der Waals surface area contributed by atoms with Crippen LogP contribution >= 0.6 is 0 Å². The zero-order valence-electron chi connectivity index (χ0n) is 20.3. The van der Waals surface area contributed by atoms with Crippen LogP contribution in [0, 0.1) is 11.3 Å². The highest BCUT2D eigenvalue weighted by Crippen LogP contribution is 2.49. The van der Waals surface area contributed by atoms with Gasteiger partial charge in [0.05, 0.1) is 23.0 Å². The Hall–Kier alpha value is -2.46. The van der Waals surface area contributed by atoms with E-state index in [2.05, 4.69) is 34.5 Å². The fraction of sp³-hybridized carbons (Fsp3) is 0.571. The van der Waals surface area contributed by atoms with Gasteiger partial charge in [0.25, 0.3) is 0 Å². The lowest BCUT2D eigenvalue weighted by Crippen LogP contribution is -2.52. The second kappa shape index (κ2) is 10.0. The smallest absolute Gasteiger partial charge is 0.101 e. The minimum absolute atomic E-state index is 0.0411. The lowest BCUT2D eigenvalue weighted by molar-refractivity contribution is -0.104. The van der Waals surface area contributed by atoms with Gasteiger partial charge in [-0.15, -0.1) is 0 Å². The monoisotopic (exact) mass is 460 g/mol. The lowest BCUT2D eigenvalue weighted by Gasteiger charge is -2.46. The quantitative estimate of drug-likeness (QED) is 0.592. The number of para-hydroxylation sites is 1. The molecule has 1 aliphatic carbocycles. The first kappa shape index (κ1) is 23.3. The van der Waals surface area contributed by atoms with Gasteiger partial charge in [0.2, 0.25) is 0 Å². The number of hydrogen-bond acceptors (Lipinski definition) is 6. The van der Waals surface area contributed by atoms with Gasteiger partial charge in [-0.2, -0.15) is 5.26 Å². The first-order valence-corrected chi connectivity index (χ1v) is 12.7. The van der Waals surface area contributed by atoms with Crippen molar-refractivity contribution in [2.75, 3.05) is 38.3 Å². The van der Waals surface area contributed by atoms with Gasteiger partial charge in [0.15, 0.2) is 0 Å². The average Bonchev–Trinajstić information content (AvgIpc) is 3.29. The van der Waals surface area contributed by atoms with E-state index in [9.17, 15) is 5.26 Å². The second-order valence-electron chi connectivity index (χ2n) is 10.3. The third kappa shape index (κ3) is 4.57. The van der Waals surface area contributed by atoms with Crippen LogP contribution in [0.3, 0.4) is 0 Å². The molecule has 6 nitrogen and oxygen atoms in total. The van der Waals surface area contributed by atoms with E-state index in [1.165, 1.54) is 36.9 Å². The molecular formula is C28H36N4O2. The number of rotatable bonds is 8. The summed E-state index contributed by atoms with van der Waals surface area (Å²) in [4.78, 5) is 7.09. The molecule has 5 rings (SSSR count). The average molecular weight is 461 g/mol. The van der Waals surface area contributed by atoms with E-state index in [1.54, 1.807) is 7.11 Å². The summed E-state index contributed by atoms with van der Waals surface area (Å²) in [5.41, 5.74) is 4.29. The number of ether oxygens (including phenoxy) is 2. The van der Waals surface area contributed by atoms with Gasteiger partial charge >= 0.3 is 0 Å². The molecule has 3 heterocycles. The van der Waals surface area contributed by atoms with Gasteiger partial charge in [0.1, 0.15) is 6.07 Å². The predicted molar refractivity (Wildman–Crippen MR) is 133 cm³/mol. The molecule has 1 atom stereocenters. The van der Waals surface area contributed by atoms with Crippen molar-refractivity contribution in [3.8, 4) is 6.07 Å². The van der Waals surface area contributed by atoms with Gasteiger partial charge in [-0.3, -0.25) is 4.98 Å². The third-order valence-corrected chi connectivity index (χ3v) is 8.21. The summed E-state index contributed by atoms with van der Waals surface area (Å²) in [5, 5.41) is 13.4. The van der Waals surface area contributed by atoms with E-state index in [0.29, 0.717) is 0 Å². The van der Waals surface area contributed by atoms with Crippen LogP contribution in [0.4, 0.5) is 5.69 Å². The van der Waals surface area contributed by atoms with Gasteiger partial charge < -0.3 is 19.7 Å². The number of hydrogen-bond donors (Lipinski definition) is 1. The largest absolute Gasteiger partial charge is 0.378 e. The van der Waals surface area contributed by atoms with Crippen LogP contribution in [-0.4, -0.2) is 50.0 Å². The number of methoxy groups -OCH3 is 1. The lowest BCUT2D eigenvalue weighted by atomic mass is 9.68.